The van der Waals surface area contributed by atoms with Crippen LogP contribution in [0.2, 0.25) is 0 Å². The number of hydrogen-bond acceptors (Lipinski definition) is 9. The smallest absolute Gasteiger partial charge is 0.180 e. The van der Waals surface area contributed by atoms with E-state index in [1.54, 1.807) is 54.9 Å². The second-order valence-corrected chi connectivity index (χ2v) is 13.3. The molecule has 0 saturated heterocycles. The molecule has 1 unspecified atom stereocenters. The Morgan fingerprint density at radius 2 is 1.87 bits per heavy atom. The van der Waals surface area contributed by atoms with E-state index in [2.05, 4.69) is 36.2 Å². The van der Waals surface area contributed by atoms with E-state index in [1.807, 2.05) is 30.3 Å². The minimum absolute atomic E-state index is 0.00264. The fraction of sp³-hybridized carbons (Fsp3) is 0.182. The number of fused-ring (bicyclic) bond motifs is 1. The van der Waals surface area contributed by atoms with E-state index in [1.165, 1.54) is 18.5 Å². The predicted molar refractivity (Wildman–Crippen MR) is 171 cm³/mol. The predicted octanol–water partition coefficient (Wildman–Crippen LogP) is 6.87. The molecule has 3 heterocycles. The summed E-state index contributed by atoms with van der Waals surface area (Å²) >= 11 is 3.56. The lowest BCUT2D eigenvalue weighted by Crippen LogP contribution is -2.33. The summed E-state index contributed by atoms with van der Waals surface area (Å²) in [7, 11) is -3.48. The lowest BCUT2D eigenvalue weighted by molar-refractivity contribution is -0.0446. The van der Waals surface area contributed by atoms with Gasteiger partial charge in [0.05, 0.1) is 52.0 Å². The summed E-state index contributed by atoms with van der Waals surface area (Å²) < 4.78 is 57.4. The number of nitrogens with one attached hydrogen (secondary N) is 1. The molecule has 0 amide bonds. The van der Waals surface area contributed by atoms with Crippen LogP contribution in [0.4, 0.5) is 15.9 Å². The second-order valence-electron chi connectivity index (χ2n) is 10.4. The van der Waals surface area contributed by atoms with Crippen molar-refractivity contribution >= 4 is 48.2 Å². The van der Waals surface area contributed by atoms with Crippen LogP contribution in [0.25, 0.3) is 10.9 Å². The van der Waals surface area contributed by atoms with Crippen molar-refractivity contribution in [1.29, 1.82) is 0 Å². The van der Waals surface area contributed by atoms with E-state index in [4.69, 9.17) is 14.2 Å². The van der Waals surface area contributed by atoms with Gasteiger partial charge in [0.2, 0.25) is 0 Å². The maximum Gasteiger partial charge on any atom is 0.180 e. The fourth-order valence-electron chi connectivity index (χ4n) is 4.88. The first-order valence-corrected chi connectivity index (χ1v) is 16.5. The molecular formula is C33H28BrFN4O5S. The van der Waals surface area contributed by atoms with Gasteiger partial charge in [0.25, 0.3) is 0 Å². The van der Waals surface area contributed by atoms with Gasteiger partial charge in [-0.1, -0.05) is 30.3 Å². The number of nitrogens with zero attached hydrogens (tertiary/aromatic N) is 3. The molecule has 12 heteroatoms. The molecule has 230 valence electrons. The second kappa shape index (κ2) is 13.3. The van der Waals surface area contributed by atoms with E-state index >= 15 is 0 Å². The topological polar surface area (TPSA) is 113 Å². The number of benzene rings is 3. The SMILES string of the molecule is O=S(=O)(CCOCC1(c2cc3c(Nc4ccc(OCc5cccc(F)c5)c(Br)c4)ncnc3cn2)CC=CO1)c1ccccc1. The summed E-state index contributed by atoms with van der Waals surface area (Å²) in [6.07, 6.45) is 7.09. The number of anilines is 2. The number of aromatic nitrogens is 3. The lowest BCUT2D eigenvalue weighted by atomic mass is 9.96. The van der Waals surface area contributed by atoms with Crippen molar-refractivity contribution in [2.45, 2.75) is 23.5 Å². The molecule has 9 nitrogen and oxygen atoms in total. The van der Waals surface area contributed by atoms with Crippen molar-refractivity contribution in [3.63, 3.8) is 0 Å². The van der Waals surface area contributed by atoms with Gasteiger partial charge in [-0.3, -0.25) is 4.98 Å². The molecule has 5 aromatic rings. The Morgan fingerprint density at radius 1 is 1.00 bits per heavy atom. The molecule has 1 atom stereocenters. The number of halogens is 2. The summed E-state index contributed by atoms with van der Waals surface area (Å²) in [5, 5.41) is 4.06. The Hall–Kier alpha value is -4.39. The Bertz CT molecular complexity index is 1950. The van der Waals surface area contributed by atoms with Crippen LogP contribution in [0.15, 0.2) is 113 Å². The van der Waals surface area contributed by atoms with E-state index in [0.717, 1.165) is 11.3 Å². The minimum Gasteiger partial charge on any atom is -0.488 e. The molecule has 3 aromatic carbocycles. The Balaban J connectivity index is 1.17. The highest BCUT2D eigenvalue weighted by Crippen LogP contribution is 2.37. The van der Waals surface area contributed by atoms with Crippen LogP contribution < -0.4 is 10.1 Å². The molecule has 0 bridgehead atoms. The van der Waals surface area contributed by atoms with Crippen LogP contribution in [-0.4, -0.2) is 42.3 Å². The quantitative estimate of drug-likeness (QED) is 0.140. The average Bonchev–Trinajstić information content (AvgIpc) is 3.53. The van der Waals surface area contributed by atoms with Crippen LogP contribution in [0, 0.1) is 5.82 Å². The van der Waals surface area contributed by atoms with Gasteiger partial charge in [0.15, 0.2) is 15.4 Å². The van der Waals surface area contributed by atoms with E-state index in [0.29, 0.717) is 39.1 Å². The number of pyridine rings is 1. The van der Waals surface area contributed by atoms with Crippen molar-refractivity contribution < 1.29 is 27.0 Å². The van der Waals surface area contributed by atoms with Gasteiger partial charge in [-0.25, -0.2) is 22.8 Å². The third kappa shape index (κ3) is 7.14. The number of hydrogen-bond donors (Lipinski definition) is 1. The van der Waals surface area contributed by atoms with Gasteiger partial charge in [0, 0.05) is 17.5 Å². The van der Waals surface area contributed by atoms with Crippen molar-refractivity contribution in [3.05, 3.63) is 125 Å². The van der Waals surface area contributed by atoms with Gasteiger partial charge in [-0.15, -0.1) is 0 Å². The van der Waals surface area contributed by atoms with Crippen molar-refractivity contribution in [1.82, 2.24) is 15.0 Å². The molecule has 1 N–H and O–H groups in total. The number of ether oxygens (including phenoxy) is 3. The minimum atomic E-state index is -3.48. The van der Waals surface area contributed by atoms with Crippen LogP contribution in [0.1, 0.15) is 17.7 Å². The van der Waals surface area contributed by atoms with E-state index in [9.17, 15) is 12.8 Å². The monoisotopic (exact) mass is 690 g/mol. The Kier molecular flexibility index (Phi) is 9.06. The lowest BCUT2D eigenvalue weighted by Gasteiger charge is -2.28. The van der Waals surface area contributed by atoms with Gasteiger partial charge in [0.1, 0.15) is 30.3 Å². The van der Waals surface area contributed by atoms with E-state index in [-0.39, 0.29) is 36.3 Å². The molecule has 0 saturated carbocycles. The molecule has 1 aliphatic rings. The first-order valence-electron chi connectivity index (χ1n) is 14.0. The number of rotatable bonds is 12. The van der Waals surface area contributed by atoms with E-state index < -0.39 is 15.4 Å². The van der Waals surface area contributed by atoms with Crippen LogP contribution in [0.5, 0.6) is 5.75 Å². The molecule has 0 spiro atoms. The largest absolute Gasteiger partial charge is 0.488 e. The van der Waals surface area contributed by atoms with Crippen molar-refractivity contribution in [2.75, 3.05) is 24.3 Å². The highest BCUT2D eigenvalue weighted by atomic mass is 79.9. The van der Waals surface area contributed by atoms with Gasteiger partial charge >= 0.3 is 0 Å². The highest BCUT2D eigenvalue weighted by Gasteiger charge is 2.38. The summed E-state index contributed by atoms with van der Waals surface area (Å²) in [5.41, 5.74) is 1.77. The molecule has 6 rings (SSSR count). The van der Waals surface area contributed by atoms with Crippen LogP contribution in [0.3, 0.4) is 0 Å². The maximum atomic E-state index is 13.5. The van der Waals surface area contributed by atoms with Gasteiger partial charge in [-0.2, -0.15) is 0 Å². The summed E-state index contributed by atoms with van der Waals surface area (Å²) in [4.78, 5) is 13.7. The molecule has 0 fully saturated rings. The average molecular weight is 692 g/mol. The standard InChI is InChI=1S/C33H28BrFN4O5S/c34-28-17-25(10-11-30(28)43-20-23-6-4-7-24(35)16-23)39-32-27-18-31(36-19-29(27)37-22-38-32)33(12-5-13-44-33)21-42-14-15-45(40,41)26-8-2-1-3-9-26/h1-11,13,16-19,22H,12,14-15,20-21H2,(H,37,38,39). The maximum absolute atomic E-state index is 13.5. The molecule has 2 aromatic heterocycles. The van der Waals surface area contributed by atoms with Crippen LogP contribution in [-0.2, 0) is 31.5 Å². The molecule has 0 aliphatic carbocycles. The zero-order valence-electron chi connectivity index (χ0n) is 23.9. The Morgan fingerprint density at radius 3 is 2.64 bits per heavy atom. The molecule has 1 aliphatic heterocycles. The third-order valence-electron chi connectivity index (χ3n) is 7.24. The van der Waals surface area contributed by atoms with Gasteiger partial charge < -0.3 is 19.5 Å². The van der Waals surface area contributed by atoms with Crippen LogP contribution >= 0.6 is 15.9 Å². The summed E-state index contributed by atoms with van der Waals surface area (Å²) in [5.74, 6) is 0.694. The third-order valence-corrected chi connectivity index (χ3v) is 9.55. The first-order chi connectivity index (χ1) is 21.8. The highest BCUT2D eigenvalue weighted by molar-refractivity contribution is 9.10. The summed E-state index contributed by atoms with van der Waals surface area (Å²) in [6, 6.07) is 22.0. The zero-order valence-corrected chi connectivity index (χ0v) is 26.3. The molecule has 45 heavy (non-hydrogen) atoms. The summed E-state index contributed by atoms with van der Waals surface area (Å²) in [6.45, 7) is 0.326. The molecule has 0 radical (unpaired) electrons. The first kappa shape index (κ1) is 30.6. The van der Waals surface area contributed by atoms with Crippen molar-refractivity contribution in [3.8, 4) is 5.75 Å². The van der Waals surface area contributed by atoms with Crippen molar-refractivity contribution in [2.24, 2.45) is 0 Å². The fourth-order valence-corrected chi connectivity index (χ4v) is 6.51. The number of sulfone groups is 1. The normalized spacial score (nSPS) is 16.0. The van der Waals surface area contributed by atoms with Gasteiger partial charge in [-0.05, 0) is 76.1 Å². The Labute approximate surface area is 268 Å². The zero-order chi connectivity index (χ0) is 31.3. The molecular weight excluding hydrogens is 663 g/mol.